The number of hydrogen-bond donors (Lipinski definition) is 0. The fourth-order valence-electron chi connectivity index (χ4n) is 1.66. The average molecular weight is 212 g/mol. The topological polar surface area (TPSA) is 0 Å². The predicted molar refractivity (Wildman–Crippen MR) is 62.9 cm³/mol. The Hall–Kier alpha value is -0.420. The summed E-state index contributed by atoms with van der Waals surface area (Å²) in [6, 6.07) is 7.19. The maximum Gasteiger partial charge on any atom is 0.127 e. The third kappa shape index (κ3) is 3.06. The molecule has 0 saturated carbocycles. The monoisotopic (exact) mass is 212 g/mol. The molecular weight excluding hydrogens is 194 g/mol. The van der Waals surface area contributed by atoms with Gasteiger partial charge in [0.15, 0.2) is 0 Å². The van der Waals surface area contributed by atoms with Gasteiger partial charge >= 0.3 is 0 Å². The maximum absolute atomic E-state index is 13.5. The Bertz CT molecular complexity index is 267. The third-order valence-corrected chi connectivity index (χ3v) is 3.81. The van der Waals surface area contributed by atoms with E-state index in [1.165, 1.54) is 0 Å². The maximum atomic E-state index is 13.5. The molecule has 0 radical (unpaired) electrons. The molecular formula is C12H18FP. The van der Waals surface area contributed by atoms with Crippen LogP contribution in [0.5, 0.6) is 0 Å². The molecule has 0 N–H and O–H groups in total. The Balaban J connectivity index is 2.81. The number of rotatable bonds is 5. The van der Waals surface area contributed by atoms with Crippen LogP contribution < -0.4 is 0 Å². The summed E-state index contributed by atoms with van der Waals surface area (Å²) in [7, 11) is 0.847. The largest absolute Gasteiger partial charge is 0.207 e. The van der Waals surface area contributed by atoms with Crippen LogP contribution in [0.4, 0.5) is 4.39 Å². The van der Waals surface area contributed by atoms with Gasteiger partial charge in [-0.15, -0.1) is 8.58 Å². The Kier molecular flexibility index (Phi) is 5.11. The van der Waals surface area contributed by atoms with E-state index < -0.39 is 0 Å². The minimum absolute atomic E-state index is 0.0353. The van der Waals surface area contributed by atoms with Gasteiger partial charge in [0.2, 0.25) is 0 Å². The summed E-state index contributed by atoms with van der Waals surface area (Å²) < 4.78 is 13.5. The summed E-state index contributed by atoms with van der Waals surface area (Å²) in [4.78, 5) is 0. The number of halogens is 1. The van der Waals surface area contributed by atoms with Crippen LogP contribution in [0, 0.1) is 5.82 Å². The Morgan fingerprint density at radius 3 is 2.57 bits per heavy atom. The quantitative estimate of drug-likeness (QED) is 0.636. The standard InChI is InChI=1S/C12H18FP/c1-3-7-12(14-4-2)10-8-5-6-9-11(10)13/h5-6,8-9,12,14H,3-4,7H2,1-2H3. The smallest absolute Gasteiger partial charge is 0.127 e. The van der Waals surface area contributed by atoms with E-state index in [-0.39, 0.29) is 5.82 Å². The molecule has 0 aliphatic carbocycles. The van der Waals surface area contributed by atoms with Crippen molar-refractivity contribution in [3.05, 3.63) is 35.6 Å². The van der Waals surface area contributed by atoms with Gasteiger partial charge in [-0.2, -0.15) is 0 Å². The van der Waals surface area contributed by atoms with E-state index in [2.05, 4.69) is 13.8 Å². The van der Waals surface area contributed by atoms with Crippen LogP contribution in [-0.2, 0) is 0 Å². The Morgan fingerprint density at radius 2 is 2.00 bits per heavy atom. The fraction of sp³-hybridized carbons (Fsp3) is 0.500. The molecule has 2 unspecified atom stereocenters. The van der Waals surface area contributed by atoms with Crippen molar-refractivity contribution in [2.75, 3.05) is 6.16 Å². The molecule has 14 heavy (non-hydrogen) atoms. The lowest BCUT2D eigenvalue weighted by molar-refractivity contribution is 0.599. The normalized spacial score (nSPS) is 13.6. The van der Waals surface area contributed by atoms with Crippen molar-refractivity contribution in [3.8, 4) is 0 Å². The van der Waals surface area contributed by atoms with Crippen LogP contribution in [0.15, 0.2) is 24.3 Å². The Labute approximate surface area is 87.7 Å². The van der Waals surface area contributed by atoms with Gasteiger partial charge in [0, 0.05) is 5.66 Å². The minimum atomic E-state index is -0.0353. The summed E-state index contributed by atoms with van der Waals surface area (Å²) in [5.41, 5.74) is 1.35. The first kappa shape index (κ1) is 11.7. The first-order valence-electron chi connectivity index (χ1n) is 5.27. The predicted octanol–water partition coefficient (Wildman–Crippen LogP) is 4.37. The summed E-state index contributed by atoms with van der Waals surface area (Å²) in [5.74, 6) is -0.0353. The lowest BCUT2D eigenvalue weighted by Crippen LogP contribution is -1.96. The van der Waals surface area contributed by atoms with Crippen molar-refractivity contribution in [2.24, 2.45) is 0 Å². The van der Waals surface area contributed by atoms with Gasteiger partial charge in [-0.3, -0.25) is 0 Å². The van der Waals surface area contributed by atoms with E-state index in [1.54, 1.807) is 12.1 Å². The van der Waals surface area contributed by atoms with Crippen LogP contribution in [0.1, 0.15) is 37.9 Å². The van der Waals surface area contributed by atoms with Gasteiger partial charge in [-0.05, 0) is 24.2 Å². The van der Waals surface area contributed by atoms with Crippen molar-refractivity contribution in [3.63, 3.8) is 0 Å². The van der Waals surface area contributed by atoms with Crippen molar-refractivity contribution in [1.29, 1.82) is 0 Å². The van der Waals surface area contributed by atoms with Crippen molar-refractivity contribution in [1.82, 2.24) is 0 Å². The van der Waals surface area contributed by atoms with E-state index >= 15 is 0 Å². The summed E-state index contributed by atoms with van der Waals surface area (Å²) in [6.45, 7) is 4.33. The lowest BCUT2D eigenvalue weighted by Gasteiger charge is -2.16. The van der Waals surface area contributed by atoms with Gasteiger partial charge in [-0.1, -0.05) is 38.5 Å². The third-order valence-electron chi connectivity index (χ3n) is 2.31. The molecule has 0 aromatic heterocycles. The zero-order valence-electron chi connectivity index (χ0n) is 8.89. The van der Waals surface area contributed by atoms with Gasteiger partial charge in [0.1, 0.15) is 5.82 Å². The highest BCUT2D eigenvalue weighted by Crippen LogP contribution is 2.38. The molecule has 2 atom stereocenters. The molecule has 0 spiro atoms. The molecule has 0 aliphatic heterocycles. The second-order valence-corrected chi connectivity index (χ2v) is 5.23. The summed E-state index contributed by atoms with van der Waals surface area (Å²) in [5, 5.41) is 0. The van der Waals surface area contributed by atoms with E-state index in [4.69, 9.17) is 0 Å². The molecule has 1 aromatic rings. The molecule has 0 bridgehead atoms. The van der Waals surface area contributed by atoms with Crippen molar-refractivity contribution < 1.29 is 4.39 Å². The second-order valence-electron chi connectivity index (χ2n) is 3.42. The van der Waals surface area contributed by atoms with Gasteiger partial charge in [0.05, 0.1) is 0 Å². The first-order chi connectivity index (χ1) is 6.79. The van der Waals surface area contributed by atoms with E-state index in [0.29, 0.717) is 5.66 Å². The molecule has 0 aliphatic rings. The molecule has 78 valence electrons. The number of benzene rings is 1. The summed E-state index contributed by atoms with van der Waals surface area (Å²) >= 11 is 0. The highest BCUT2D eigenvalue weighted by atomic mass is 31.1. The Morgan fingerprint density at radius 1 is 1.29 bits per heavy atom. The molecule has 0 saturated heterocycles. The number of hydrogen-bond acceptors (Lipinski definition) is 0. The van der Waals surface area contributed by atoms with Crippen LogP contribution in [0.3, 0.4) is 0 Å². The van der Waals surface area contributed by atoms with Crippen LogP contribution in [0.2, 0.25) is 0 Å². The van der Waals surface area contributed by atoms with Gasteiger partial charge in [0.25, 0.3) is 0 Å². The fourth-order valence-corrected chi connectivity index (χ4v) is 3.10. The van der Waals surface area contributed by atoms with Crippen LogP contribution in [0.25, 0.3) is 0 Å². The molecule has 1 rings (SSSR count). The van der Waals surface area contributed by atoms with Crippen LogP contribution >= 0.6 is 8.58 Å². The zero-order chi connectivity index (χ0) is 10.4. The van der Waals surface area contributed by atoms with Crippen molar-refractivity contribution >= 4 is 8.58 Å². The van der Waals surface area contributed by atoms with Gasteiger partial charge < -0.3 is 0 Å². The summed E-state index contributed by atoms with van der Waals surface area (Å²) in [6.07, 6.45) is 3.39. The van der Waals surface area contributed by atoms with Crippen LogP contribution in [-0.4, -0.2) is 6.16 Å². The van der Waals surface area contributed by atoms with E-state index in [0.717, 1.165) is 33.1 Å². The van der Waals surface area contributed by atoms with E-state index in [9.17, 15) is 4.39 Å². The van der Waals surface area contributed by atoms with Gasteiger partial charge in [-0.25, -0.2) is 4.39 Å². The highest BCUT2D eigenvalue weighted by molar-refractivity contribution is 7.38. The molecule has 0 heterocycles. The second kappa shape index (κ2) is 6.14. The first-order valence-corrected chi connectivity index (χ1v) is 6.55. The molecule has 1 aromatic carbocycles. The minimum Gasteiger partial charge on any atom is -0.207 e. The van der Waals surface area contributed by atoms with E-state index in [1.807, 2.05) is 12.1 Å². The highest BCUT2D eigenvalue weighted by Gasteiger charge is 2.12. The molecule has 0 nitrogen and oxygen atoms in total. The van der Waals surface area contributed by atoms with Crippen molar-refractivity contribution in [2.45, 2.75) is 32.3 Å². The molecule has 2 heteroatoms. The SMILES string of the molecule is CCCC(PCC)c1ccccc1F. The molecule has 0 fully saturated rings. The average Bonchev–Trinajstić information content (AvgIpc) is 2.18. The molecule has 0 amide bonds. The zero-order valence-corrected chi connectivity index (χ0v) is 9.89. The lowest BCUT2D eigenvalue weighted by atomic mass is 10.1.